The summed E-state index contributed by atoms with van der Waals surface area (Å²) >= 11 is 3.60. The van der Waals surface area contributed by atoms with E-state index < -0.39 is 0 Å². The van der Waals surface area contributed by atoms with Crippen molar-refractivity contribution in [2.45, 2.75) is 40.2 Å². The molecule has 0 heterocycles. The number of aryl methyl sites for hydroxylation is 1. The van der Waals surface area contributed by atoms with Crippen molar-refractivity contribution in [3.63, 3.8) is 0 Å². The van der Waals surface area contributed by atoms with Gasteiger partial charge in [-0.05, 0) is 43.0 Å². The smallest absolute Gasteiger partial charge is 0.0322 e. The van der Waals surface area contributed by atoms with Crippen LogP contribution in [-0.4, -0.2) is 6.54 Å². The van der Waals surface area contributed by atoms with Crippen LogP contribution in [0.4, 0.5) is 0 Å². The molecule has 0 saturated carbocycles. The summed E-state index contributed by atoms with van der Waals surface area (Å²) < 4.78 is 1.21. The summed E-state index contributed by atoms with van der Waals surface area (Å²) in [4.78, 5) is 0. The van der Waals surface area contributed by atoms with Gasteiger partial charge < -0.3 is 5.32 Å². The van der Waals surface area contributed by atoms with Gasteiger partial charge in [-0.3, -0.25) is 0 Å². The number of nitrogens with one attached hydrogen (secondary N) is 1. The van der Waals surface area contributed by atoms with Crippen LogP contribution in [0.1, 0.15) is 44.4 Å². The van der Waals surface area contributed by atoms with Crippen LogP contribution in [0.5, 0.6) is 0 Å². The van der Waals surface area contributed by atoms with E-state index >= 15 is 0 Å². The van der Waals surface area contributed by atoms with Gasteiger partial charge in [0.2, 0.25) is 0 Å². The molecular weight excluding hydrogens is 262 g/mol. The summed E-state index contributed by atoms with van der Waals surface area (Å²) in [7, 11) is 0. The van der Waals surface area contributed by atoms with Crippen LogP contribution in [-0.2, 0) is 0 Å². The Morgan fingerprint density at radius 1 is 1.31 bits per heavy atom. The molecule has 2 heteroatoms. The fourth-order valence-corrected chi connectivity index (χ4v) is 2.28. The second-order valence-electron chi connectivity index (χ2n) is 4.75. The summed E-state index contributed by atoms with van der Waals surface area (Å²) in [6.07, 6.45) is 1.18. The largest absolute Gasteiger partial charge is 0.310 e. The lowest BCUT2D eigenvalue weighted by Crippen LogP contribution is -2.22. The first-order valence-electron chi connectivity index (χ1n) is 6.04. The second kappa shape index (κ2) is 6.41. The first kappa shape index (κ1) is 13.7. The number of benzene rings is 1. The van der Waals surface area contributed by atoms with Gasteiger partial charge in [-0.25, -0.2) is 0 Å². The van der Waals surface area contributed by atoms with Crippen LogP contribution in [0.25, 0.3) is 0 Å². The van der Waals surface area contributed by atoms with Crippen molar-refractivity contribution >= 4 is 15.9 Å². The number of rotatable bonds is 5. The molecule has 0 spiro atoms. The minimum Gasteiger partial charge on any atom is -0.310 e. The van der Waals surface area contributed by atoms with Crippen molar-refractivity contribution in [3.8, 4) is 0 Å². The first-order chi connectivity index (χ1) is 7.54. The Labute approximate surface area is 108 Å². The highest BCUT2D eigenvalue weighted by Gasteiger charge is 2.12. The molecule has 1 N–H and O–H groups in total. The highest BCUT2D eigenvalue weighted by molar-refractivity contribution is 9.10. The molecule has 1 nitrogen and oxygen atoms in total. The predicted octanol–water partition coefficient (Wildman–Crippen LogP) is 4.45. The lowest BCUT2D eigenvalue weighted by molar-refractivity contribution is 0.438. The maximum atomic E-state index is 3.60. The fraction of sp³-hybridized carbons (Fsp3) is 0.571. The van der Waals surface area contributed by atoms with Crippen LogP contribution in [0.15, 0.2) is 22.7 Å². The molecule has 1 unspecified atom stereocenters. The van der Waals surface area contributed by atoms with Gasteiger partial charge in [0.05, 0.1) is 0 Å². The SMILES string of the molecule is CCNC(CC(C)C)c1ccc(C)c(Br)c1. The zero-order valence-corrected chi connectivity index (χ0v) is 12.3. The van der Waals surface area contributed by atoms with E-state index in [1.807, 2.05) is 0 Å². The third kappa shape index (κ3) is 3.91. The average molecular weight is 284 g/mol. The molecule has 1 aromatic carbocycles. The highest BCUT2D eigenvalue weighted by atomic mass is 79.9. The van der Waals surface area contributed by atoms with Gasteiger partial charge >= 0.3 is 0 Å². The summed E-state index contributed by atoms with van der Waals surface area (Å²) in [5.74, 6) is 0.712. The molecule has 90 valence electrons. The molecule has 0 amide bonds. The highest BCUT2D eigenvalue weighted by Crippen LogP contribution is 2.25. The normalized spacial score (nSPS) is 13.1. The molecule has 16 heavy (non-hydrogen) atoms. The zero-order chi connectivity index (χ0) is 12.1. The van der Waals surface area contributed by atoms with Crippen LogP contribution in [0.3, 0.4) is 0 Å². The molecule has 0 aromatic heterocycles. The van der Waals surface area contributed by atoms with Crippen LogP contribution >= 0.6 is 15.9 Å². The Hall–Kier alpha value is -0.340. The number of hydrogen-bond donors (Lipinski definition) is 1. The van der Waals surface area contributed by atoms with Gasteiger partial charge in [0.1, 0.15) is 0 Å². The maximum Gasteiger partial charge on any atom is 0.0322 e. The monoisotopic (exact) mass is 283 g/mol. The van der Waals surface area contributed by atoms with E-state index in [2.05, 4.69) is 67.1 Å². The van der Waals surface area contributed by atoms with E-state index in [0.717, 1.165) is 6.54 Å². The van der Waals surface area contributed by atoms with Crippen molar-refractivity contribution in [2.24, 2.45) is 5.92 Å². The first-order valence-corrected chi connectivity index (χ1v) is 6.83. The Morgan fingerprint density at radius 2 is 2.00 bits per heavy atom. The van der Waals surface area contributed by atoms with E-state index in [9.17, 15) is 0 Å². The fourth-order valence-electron chi connectivity index (χ4n) is 1.88. The lowest BCUT2D eigenvalue weighted by atomic mass is 9.96. The summed E-state index contributed by atoms with van der Waals surface area (Å²) in [6, 6.07) is 7.13. The molecule has 0 aliphatic rings. The van der Waals surface area contributed by atoms with Gasteiger partial charge in [0.25, 0.3) is 0 Å². The molecular formula is C14H22BrN. The van der Waals surface area contributed by atoms with Crippen LogP contribution in [0, 0.1) is 12.8 Å². The summed E-state index contributed by atoms with van der Waals surface area (Å²) in [5.41, 5.74) is 2.68. The molecule has 0 bridgehead atoms. The van der Waals surface area contributed by atoms with Crippen molar-refractivity contribution in [3.05, 3.63) is 33.8 Å². The lowest BCUT2D eigenvalue weighted by Gasteiger charge is -2.21. The van der Waals surface area contributed by atoms with Gasteiger partial charge in [0.15, 0.2) is 0 Å². The summed E-state index contributed by atoms with van der Waals surface area (Å²) in [6.45, 7) is 9.85. The standard InChI is InChI=1S/C14H22BrN/c1-5-16-14(8-10(2)3)12-7-6-11(4)13(15)9-12/h6-7,9-10,14,16H,5,8H2,1-4H3. The van der Waals surface area contributed by atoms with Gasteiger partial charge in [0, 0.05) is 10.5 Å². The van der Waals surface area contributed by atoms with Crippen LogP contribution < -0.4 is 5.32 Å². The van der Waals surface area contributed by atoms with Gasteiger partial charge in [-0.2, -0.15) is 0 Å². The van der Waals surface area contributed by atoms with Gasteiger partial charge in [-0.15, -0.1) is 0 Å². The molecule has 0 fully saturated rings. The van der Waals surface area contributed by atoms with E-state index in [4.69, 9.17) is 0 Å². The van der Waals surface area contributed by atoms with Crippen LogP contribution in [0.2, 0.25) is 0 Å². The Balaban J connectivity index is 2.87. The van der Waals surface area contributed by atoms with Crippen molar-refractivity contribution in [1.82, 2.24) is 5.32 Å². The summed E-state index contributed by atoms with van der Waals surface area (Å²) in [5, 5.41) is 3.56. The van der Waals surface area contributed by atoms with Crippen molar-refractivity contribution < 1.29 is 0 Å². The minimum absolute atomic E-state index is 0.474. The Morgan fingerprint density at radius 3 is 2.50 bits per heavy atom. The van der Waals surface area contributed by atoms with E-state index in [1.165, 1.54) is 22.0 Å². The van der Waals surface area contributed by atoms with Crippen molar-refractivity contribution in [1.29, 1.82) is 0 Å². The van der Waals surface area contributed by atoms with E-state index in [-0.39, 0.29) is 0 Å². The topological polar surface area (TPSA) is 12.0 Å². The third-order valence-corrected chi connectivity index (χ3v) is 3.61. The average Bonchev–Trinajstić information content (AvgIpc) is 2.21. The number of hydrogen-bond acceptors (Lipinski definition) is 1. The molecule has 1 atom stereocenters. The molecule has 0 radical (unpaired) electrons. The molecule has 0 aliphatic heterocycles. The quantitative estimate of drug-likeness (QED) is 0.842. The zero-order valence-electron chi connectivity index (χ0n) is 10.7. The Kier molecular flexibility index (Phi) is 5.50. The van der Waals surface area contributed by atoms with E-state index in [0.29, 0.717) is 12.0 Å². The van der Waals surface area contributed by atoms with E-state index in [1.54, 1.807) is 0 Å². The number of halogens is 1. The molecule has 0 aliphatic carbocycles. The second-order valence-corrected chi connectivity index (χ2v) is 5.60. The minimum atomic E-state index is 0.474. The van der Waals surface area contributed by atoms with Crippen molar-refractivity contribution in [2.75, 3.05) is 6.54 Å². The maximum absolute atomic E-state index is 3.60. The molecule has 0 saturated heterocycles. The van der Waals surface area contributed by atoms with Gasteiger partial charge in [-0.1, -0.05) is 48.8 Å². The molecule has 1 aromatic rings. The Bertz CT molecular complexity index is 334. The predicted molar refractivity (Wildman–Crippen MR) is 74.8 cm³/mol. The third-order valence-electron chi connectivity index (χ3n) is 2.76. The molecule has 1 rings (SSSR count).